The number of aliphatic hydroxyl groups is 2. The van der Waals surface area contributed by atoms with Crippen LogP contribution in [0.3, 0.4) is 0 Å². The van der Waals surface area contributed by atoms with E-state index in [0.717, 1.165) is 23.5 Å². The summed E-state index contributed by atoms with van der Waals surface area (Å²) >= 11 is 1.91. The minimum atomic E-state index is -4.98. The van der Waals surface area contributed by atoms with Crippen molar-refractivity contribution < 1.29 is 47.2 Å². The minimum Gasteiger partial charge on any atom is -0.389 e. The zero-order valence-electron chi connectivity index (χ0n) is 22.4. The number of rotatable bonds is 2. The maximum absolute atomic E-state index is 13.3. The van der Waals surface area contributed by atoms with Crippen LogP contribution in [0.15, 0.2) is 23.8 Å². The van der Waals surface area contributed by atoms with Gasteiger partial charge >= 0.3 is 15.6 Å². The predicted molar refractivity (Wildman–Crippen MR) is 156 cm³/mol. The van der Waals surface area contributed by atoms with E-state index in [1.807, 2.05) is 0 Å². The van der Waals surface area contributed by atoms with E-state index < -0.39 is 80.1 Å². The van der Waals surface area contributed by atoms with Crippen LogP contribution in [0, 0.1) is 0 Å². The monoisotopic (exact) mass is 706 g/mol. The summed E-state index contributed by atoms with van der Waals surface area (Å²) in [5.74, 6) is -0.136. The first-order valence-corrected chi connectivity index (χ1v) is 17.8. The Balaban J connectivity index is 1.21. The Labute approximate surface area is 258 Å². The van der Waals surface area contributed by atoms with Gasteiger partial charge in [-0.2, -0.15) is 4.98 Å². The fourth-order valence-electron chi connectivity index (χ4n) is 5.30. The number of hydrogen-bond acceptors (Lipinski definition) is 18. The highest BCUT2D eigenvalue weighted by Crippen LogP contribution is 2.58. The molecule has 0 aromatic carbocycles. The van der Waals surface area contributed by atoms with Gasteiger partial charge in [-0.1, -0.05) is 0 Å². The number of aromatic nitrogens is 8. The van der Waals surface area contributed by atoms with Crippen molar-refractivity contribution in [1.29, 1.82) is 0 Å². The molecule has 0 spiro atoms. The number of nitrogens with one attached hydrogen (secondary N) is 1. The number of imidazole rings is 2. The Morgan fingerprint density at radius 3 is 2.20 bits per heavy atom. The number of phosphoric ester groups is 2. The number of nitrogen functional groups attached to an aromatic ring is 2. The molecule has 0 radical (unpaired) electrons. The molecule has 7 rings (SSSR count). The van der Waals surface area contributed by atoms with Crippen molar-refractivity contribution in [2.45, 2.75) is 45.7 Å². The average Bonchev–Trinajstić information content (AvgIpc) is 3.72. The lowest BCUT2D eigenvalue weighted by atomic mass is 10.1. The van der Waals surface area contributed by atoms with Crippen molar-refractivity contribution in [1.82, 2.24) is 39.0 Å². The van der Waals surface area contributed by atoms with Crippen molar-refractivity contribution >= 4 is 73.3 Å². The summed E-state index contributed by atoms with van der Waals surface area (Å²) in [6, 6.07) is 0. The first-order chi connectivity index (χ1) is 21.3. The second-order valence-corrected chi connectivity index (χ2v) is 15.7. The van der Waals surface area contributed by atoms with E-state index >= 15 is 0 Å². The van der Waals surface area contributed by atoms with E-state index in [9.17, 15) is 33.9 Å². The van der Waals surface area contributed by atoms with Gasteiger partial charge in [-0.05, 0) is 0 Å². The van der Waals surface area contributed by atoms with Crippen LogP contribution in [-0.2, 0) is 27.2 Å². The summed E-state index contributed by atoms with van der Waals surface area (Å²) in [4.78, 5) is 56.4. The molecule has 45 heavy (non-hydrogen) atoms. The van der Waals surface area contributed by atoms with Crippen LogP contribution in [0.5, 0.6) is 0 Å². The number of aromatic amines is 1. The molecule has 4 aromatic heterocycles. The number of hydrogen-bond donors (Lipinski definition) is 7. The second kappa shape index (κ2) is 11.2. The van der Waals surface area contributed by atoms with Crippen molar-refractivity contribution in [2.75, 3.05) is 24.7 Å². The van der Waals surface area contributed by atoms with Crippen LogP contribution in [0.25, 0.3) is 22.3 Å². The van der Waals surface area contributed by atoms with Gasteiger partial charge in [-0.15, -0.1) is 23.5 Å². The molecule has 10 atom stereocenters. The van der Waals surface area contributed by atoms with Gasteiger partial charge in [0.05, 0.1) is 42.5 Å². The molecular formula is C20H24N10O11P2S2. The zero-order valence-corrected chi connectivity index (χ0v) is 25.8. The summed E-state index contributed by atoms with van der Waals surface area (Å²) in [7, 11) is -9.91. The van der Waals surface area contributed by atoms with Crippen molar-refractivity contribution in [3.8, 4) is 0 Å². The maximum Gasteiger partial charge on any atom is 0.472 e. The topological polar surface area (TPSA) is 311 Å². The van der Waals surface area contributed by atoms with Crippen molar-refractivity contribution in [2.24, 2.45) is 0 Å². The molecule has 0 amide bonds. The highest BCUT2D eigenvalue weighted by molar-refractivity contribution is 8.00. The molecule has 3 aliphatic rings. The third kappa shape index (κ3) is 5.55. The molecule has 9 N–H and O–H groups in total. The molecule has 0 aliphatic carbocycles. The molecule has 25 heteroatoms. The first-order valence-electron chi connectivity index (χ1n) is 13.0. The van der Waals surface area contributed by atoms with E-state index in [4.69, 9.17) is 29.6 Å². The number of anilines is 2. The van der Waals surface area contributed by atoms with Gasteiger partial charge in [-0.3, -0.25) is 37.0 Å². The highest BCUT2D eigenvalue weighted by atomic mass is 32.2. The van der Waals surface area contributed by atoms with Crippen LogP contribution in [-0.4, -0.2) is 107 Å². The molecule has 3 aliphatic heterocycles. The molecule has 4 unspecified atom stereocenters. The summed E-state index contributed by atoms with van der Waals surface area (Å²) < 4.78 is 50.6. The van der Waals surface area contributed by atoms with Crippen molar-refractivity contribution in [3.05, 3.63) is 29.3 Å². The van der Waals surface area contributed by atoms with Gasteiger partial charge in [0.2, 0.25) is 5.95 Å². The lowest BCUT2D eigenvalue weighted by molar-refractivity contribution is 0.00299. The molecule has 2 bridgehead atoms. The van der Waals surface area contributed by atoms with Crippen LogP contribution >= 0.6 is 39.2 Å². The van der Waals surface area contributed by atoms with E-state index in [1.165, 1.54) is 28.1 Å². The fourth-order valence-corrected chi connectivity index (χ4v) is 10.6. The summed E-state index contributed by atoms with van der Waals surface area (Å²) in [5.41, 5.74) is 11.3. The van der Waals surface area contributed by atoms with Gasteiger partial charge < -0.3 is 31.5 Å². The molecule has 242 valence electrons. The highest BCUT2D eigenvalue weighted by Gasteiger charge is 2.53. The number of fused-ring (bicyclic) bond motifs is 5. The minimum absolute atomic E-state index is 0.00799. The predicted octanol–water partition coefficient (Wildman–Crippen LogP) is -0.908. The van der Waals surface area contributed by atoms with E-state index in [0.29, 0.717) is 0 Å². The summed E-state index contributed by atoms with van der Waals surface area (Å²) in [5, 5.41) is 18.3. The molecule has 4 aromatic rings. The standard InChI is InChI=1S/C20H24N10O11P2S2/c21-14-8-15(24-3-23-14)29(4-25-8)18-11(32)12-7(45-18)2-39-43(36,37)41-13-10(31)6(1-38-42(34,35)40-12)44-19(13)30-5-26-9-16(30)27-20(22)28-17(9)33/h3-7,10-13,18-19,31-32H,1-2H2,(H,34,35)(H,36,37)(H2,21,23,24)(H3,22,27,28,33)/t6-,7-,10?,11+,12?,13+,18-,19-/m1/s1. The number of nitrogens with zero attached hydrogens (tertiary/aromatic N) is 7. The lowest BCUT2D eigenvalue weighted by Crippen LogP contribution is -2.35. The Morgan fingerprint density at radius 2 is 1.47 bits per heavy atom. The Hall–Kier alpha value is -2.66. The quantitative estimate of drug-likeness (QED) is 0.124. The smallest absolute Gasteiger partial charge is 0.389 e. The lowest BCUT2D eigenvalue weighted by Gasteiger charge is -2.26. The van der Waals surface area contributed by atoms with Crippen LogP contribution in [0.4, 0.5) is 11.8 Å². The van der Waals surface area contributed by atoms with Gasteiger partial charge in [-0.25, -0.2) is 29.1 Å². The molecule has 7 heterocycles. The number of nitrogens with two attached hydrogens (primary N) is 2. The molecule has 3 fully saturated rings. The molecule has 0 saturated carbocycles. The number of aliphatic hydroxyl groups excluding tert-OH is 2. The van der Waals surface area contributed by atoms with Crippen molar-refractivity contribution in [3.63, 3.8) is 0 Å². The van der Waals surface area contributed by atoms with E-state index in [-0.39, 0.29) is 34.1 Å². The Morgan fingerprint density at radius 1 is 0.844 bits per heavy atom. The third-order valence-electron chi connectivity index (χ3n) is 7.32. The normalized spacial score (nSPS) is 37.7. The number of thioether (sulfide) groups is 2. The largest absolute Gasteiger partial charge is 0.472 e. The molecular weight excluding hydrogens is 682 g/mol. The average molecular weight is 707 g/mol. The Bertz CT molecular complexity index is 1940. The maximum atomic E-state index is 13.3. The van der Waals surface area contributed by atoms with E-state index in [1.54, 1.807) is 0 Å². The number of phosphoric acid groups is 2. The molecule has 3 saturated heterocycles. The van der Waals surface area contributed by atoms with Gasteiger partial charge in [0.25, 0.3) is 5.56 Å². The first kappa shape index (κ1) is 31.0. The Kier molecular flexibility index (Phi) is 7.74. The summed E-state index contributed by atoms with van der Waals surface area (Å²) in [6.45, 7) is -1.21. The van der Waals surface area contributed by atoms with Crippen LogP contribution in [0.2, 0.25) is 0 Å². The van der Waals surface area contributed by atoms with Crippen LogP contribution in [0.1, 0.15) is 10.7 Å². The fraction of sp³-hybridized carbons (Fsp3) is 0.500. The zero-order chi connectivity index (χ0) is 31.8. The van der Waals surface area contributed by atoms with E-state index in [2.05, 4.69) is 29.9 Å². The van der Waals surface area contributed by atoms with Gasteiger partial charge in [0.15, 0.2) is 22.6 Å². The second-order valence-electron chi connectivity index (χ2n) is 10.1. The van der Waals surface area contributed by atoms with Crippen LogP contribution < -0.4 is 17.0 Å². The van der Waals surface area contributed by atoms with Gasteiger partial charge in [0.1, 0.15) is 40.9 Å². The third-order valence-corrected chi connectivity index (χ3v) is 12.4. The molecule has 21 nitrogen and oxygen atoms in total. The SMILES string of the molecule is Nc1nc2c(ncn2[C@@H]2S[C@@H]3COP(=O)(O)OC4[C@@H](COP(=O)(O)O[C@H]2C3O)S[C@@H](n2cnc3c(N)ncnc32)[C@H]4O)c(=O)[nH]1. The number of H-pyrrole nitrogens is 1. The van der Waals surface area contributed by atoms with Gasteiger partial charge in [0, 0.05) is 0 Å². The summed E-state index contributed by atoms with van der Waals surface area (Å²) in [6.07, 6.45) is -2.25.